The van der Waals surface area contributed by atoms with Gasteiger partial charge in [-0.1, -0.05) is 0 Å². The van der Waals surface area contributed by atoms with Gasteiger partial charge in [-0.25, -0.2) is 0 Å². The number of nitrogens with zero attached hydrogens (tertiary/aromatic N) is 1. The van der Waals surface area contributed by atoms with Gasteiger partial charge in [0, 0.05) is 5.69 Å². The molecule has 6 nitrogen and oxygen atoms in total. The number of nitrogen functional groups attached to an aromatic ring is 1. The molecule has 0 atom stereocenters. The molecule has 1 amide bonds. The first-order valence-corrected chi connectivity index (χ1v) is 5.27. The number of oxazole rings is 1. The summed E-state index contributed by atoms with van der Waals surface area (Å²) >= 11 is 0. The minimum Gasteiger partial charge on any atom is -0.497 e. The fourth-order valence-electron chi connectivity index (χ4n) is 1.43. The van der Waals surface area contributed by atoms with Crippen LogP contribution in [-0.4, -0.2) is 18.0 Å². The molecule has 1 heterocycles. The van der Waals surface area contributed by atoms with Crippen molar-refractivity contribution in [2.75, 3.05) is 18.2 Å². The Bertz CT molecular complexity index is 578. The Morgan fingerprint density at radius 1 is 1.50 bits per heavy atom. The molecular formula is C12H13N3O3. The topological polar surface area (TPSA) is 90.4 Å². The molecule has 94 valence electrons. The minimum atomic E-state index is -0.395. The molecule has 0 unspecified atom stereocenters. The number of aromatic nitrogens is 1. The van der Waals surface area contributed by atoms with Crippen molar-refractivity contribution in [3.05, 3.63) is 35.7 Å². The zero-order chi connectivity index (χ0) is 13.1. The normalized spacial score (nSPS) is 10.1. The van der Waals surface area contributed by atoms with E-state index < -0.39 is 5.91 Å². The molecule has 2 aromatic rings. The van der Waals surface area contributed by atoms with Crippen molar-refractivity contribution in [1.82, 2.24) is 4.98 Å². The van der Waals surface area contributed by atoms with Crippen molar-refractivity contribution in [3.63, 3.8) is 0 Å². The van der Waals surface area contributed by atoms with Gasteiger partial charge in [-0.2, -0.15) is 4.98 Å². The van der Waals surface area contributed by atoms with Crippen molar-refractivity contribution < 1.29 is 13.9 Å². The van der Waals surface area contributed by atoms with Crippen LogP contribution in [0.25, 0.3) is 0 Å². The molecule has 0 bridgehead atoms. The minimum absolute atomic E-state index is 0.139. The number of ether oxygens (including phenoxy) is 1. The summed E-state index contributed by atoms with van der Waals surface area (Å²) in [5.41, 5.74) is 7.09. The van der Waals surface area contributed by atoms with Crippen molar-refractivity contribution in [3.8, 4) is 5.75 Å². The van der Waals surface area contributed by atoms with Crippen LogP contribution in [0.5, 0.6) is 5.75 Å². The number of nitrogens with one attached hydrogen (secondary N) is 1. The Labute approximate surface area is 104 Å². The highest BCUT2D eigenvalue weighted by Gasteiger charge is 2.13. The number of hydrogen-bond donors (Lipinski definition) is 2. The lowest BCUT2D eigenvalue weighted by atomic mass is 10.1. The molecule has 0 saturated carbocycles. The molecule has 3 N–H and O–H groups in total. The molecule has 0 spiro atoms. The van der Waals surface area contributed by atoms with Crippen molar-refractivity contribution >= 4 is 17.6 Å². The van der Waals surface area contributed by atoms with Gasteiger partial charge in [-0.3, -0.25) is 10.1 Å². The number of aryl methyl sites for hydroxylation is 1. The van der Waals surface area contributed by atoms with Crippen LogP contribution < -0.4 is 15.8 Å². The Morgan fingerprint density at radius 3 is 2.89 bits per heavy atom. The van der Waals surface area contributed by atoms with Crippen LogP contribution in [0.2, 0.25) is 0 Å². The summed E-state index contributed by atoms with van der Waals surface area (Å²) in [7, 11) is 1.52. The van der Waals surface area contributed by atoms with E-state index in [9.17, 15) is 4.79 Å². The second-order valence-electron chi connectivity index (χ2n) is 3.70. The molecule has 0 aliphatic rings. The number of hydrogen-bond acceptors (Lipinski definition) is 5. The molecule has 0 aliphatic heterocycles. The third-order valence-electron chi connectivity index (χ3n) is 2.34. The van der Waals surface area contributed by atoms with Gasteiger partial charge in [0.15, 0.2) is 0 Å². The number of rotatable bonds is 3. The van der Waals surface area contributed by atoms with Gasteiger partial charge in [-0.15, -0.1) is 0 Å². The highest BCUT2D eigenvalue weighted by atomic mass is 16.5. The Balaban J connectivity index is 2.23. The monoisotopic (exact) mass is 247 g/mol. The lowest BCUT2D eigenvalue weighted by Gasteiger charge is -2.07. The molecule has 1 aromatic carbocycles. The zero-order valence-corrected chi connectivity index (χ0v) is 10.1. The van der Waals surface area contributed by atoms with E-state index in [1.54, 1.807) is 25.1 Å². The van der Waals surface area contributed by atoms with E-state index in [0.717, 1.165) is 0 Å². The summed E-state index contributed by atoms with van der Waals surface area (Å²) in [5.74, 6) is 0.159. The van der Waals surface area contributed by atoms with Gasteiger partial charge in [0.2, 0.25) is 0 Å². The van der Waals surface area contributed by atoms with Crippen LogP contribution >= 0.6 is 0 Å². The fourth-order valence-corrected chi connectivity index (χ4v) is 1.43. The molecular weight excluding hydrogens is 234 g/mol. The molecule has 2 rings (SSSR count). The maximum atomic E-state index is 12.0. The molecule has 18 heavy (non-hydrogen) atoms. The molecule has 1 aromatic heterocycles. The van der Waals surface area contributed by atoms with Crippen LogP contribution in [0.3, 0.4) is 0 Å². The number of methoxy groups -OCH3 is 1. The molecule has 0 fully saturated rings. The smallest absolute Gasteiger partial charge is 0.301 e. The predicted octanol–water partition coefficient (Wildman–Crippen LogP) is 1.83. The van der Waals surface area contributed by atoms with E-state index >= 15 is 0 Å². The summed E-state index contributed by atoms with van der Waals surface area (Å²) in [6, 6.07) is 4.98. The van der Waals surface area contributed by atoms with Crippen molar-refractivity contribution in [1.29, 1.82) is 0 Å². The molecule has 0 radical (unpaired) electrons. The number of anilines is 2. The maximum Gasteiger partial charge on any atom is 0.301 e. The SMILES string of the molecule is COc1ccc(N)c(C(=O)Nc2nc(C)co2)c1. The van der Waals surface area contributed by atoms with Gasteiger partial charge in [0.25, 0.3) is 5.91 Å². The first-order valence-electron chi connectivity index (χ1n) is 5.27. The standard InChI is InChI=1S/C12H13N3O3/c1-7-6-18-12(14-7)15-11(16)9-5-8(17-2)3-4-10(9)13/h3-6H,13H2,1-2H3,(H,14,15,16). The van der Waals surface area contributed by atoms with E-state index in [1.807, 2.05) is 0 Å². The lowest BCUT2D eigenvalue weighted by Crippen LogP contribution is -2.14. The molecule has 6 heteroatoms. The van der Waals surface area contributed by atoms with Crippen LogP contribution in [0.15, 0.2) is 28.9 Å². The Morgan fingerprint density at radius 2 is 2.28 bits per heavy atom. The first kappa shape index (κ1) is 12.0. The van der Waals surface area contributed by atoms with E-state index in [-0.39, 0.29) is 6.01 Å². The van der Waals surface area contributed by atoms with Crippen LogP contribution in [0.4, 0.5) is 11.7 Å². The third kappa shape index (κ3) is 2.42. The second kappa shape index (κ2) is 4.79. The Kier molecular flexibility index (Phi) is 3.18. The highest BCUT2D eigenvalue weighted by Crippen LogP contribution is 2.20. The maximum absolute atomic E-state index is 12.0. The largest absolute Gasteiger partial charge is 0.497 e. The summed E-state index contributed by atoms with van der Waals surface area (Å²) in [5, 5.41) is 2.52. The lowest BCUT2D eigenvalue weighted by molar-refractivity contribution is 0.102. The summed E-state index contributed by atoms with van der Waals surface area (Å²) in [6.07, 6.45) is 1.45. The number of amides is 1. The van der Waals surface area contributed by atoms with Gasteiger partial charge < -0.3 is 14.9 Å². The third-order valence-corrected chi connectivity index (χ3v) is 2.34. The summed E-state index contributed by atoms with van der Waals surface area (Å²) in [4.78, 5) is 15.9. The summed E-state index contributed by atoms with van der Waals surface area (Å²) < 4.78 is 10.1. The summed E-state index contributed by atoms with van der Waals surface area (Å²) in [6.45, 7) is 1.76. The van der Waals surface area contributed by atoms with E-state index in [1.165, 1.54) is 13.4 Å². The highest BCUT2D eigenvalue weighted by molar-refractivity contribution is 6.07. The number of nitrogens with two attached hydrogens (primary N) is 1. The predicted molar refractivity (Wildman–Crippen MR) is 66.6 cm³/mol. The zero-order valence-electron chi connectivity index (χ0n) is 10.1. The van der Waals surface area contributed by atoms with Gasteiger partial charge in [-0.05, 0) is 25.1 Å². The van der Waals surface area contributed by atoms with Crippen molar-refractivity contribution in [2.45, 2.75) is 6.92 Å². The van der Waals surface area contributed by atoms with Gasteiger partial charge in [0.05, 0.1) is 18.4 Å². The second-order valence-corrected chi connectivity index (χ2v) is 3.70. The number of carbonyl (C=O) groups excluding carboxylic acids is 1. The van der Waals surface area contributed by atoms with Crippen molar-refractivity contribution in [2.24, 2.45) is 0 Å². The van der Waals surface area contributed by atoms with E-state index in [4.69, 9.17) is 14.9 Å². The molecule has 0 saturated heterocycles. The Hall–Kier alpha value is -2.50. The van der Waals surface area contributed by atoms with Gasteiger partial charge in [0.1, 0.15) is 12.0 Å². The fraction of sp³-hybridized carbons (Fsp3) is 0.167. The average molecular weight is 247 g/mol. The van der Waals surface area contributed by atoms with Crippen LogP contribution in [0.1, 0.15) is 16.1 Å². The van der Waals surface area contributed by atoms with E-state index in [0.29, 0.717) is 22.7 Å². The van der Waals surface area contributed by atoms with E-state index in [2.05, 4.69) is 10.3 Å². The molecule has 0 aliphatic carbocycles. The first-order chi connectivity index (χ1) is 8.60. The van der Waals surface area contributed by atoms with Gasteiger partial charge >= 0.3 is 6.01 Å². The van der Waals surface area contributed by atoms with Crippen LogP contribution in [0, 0.1) is 6.92 Å². The van der Waals surface area contributed by atoms with Crippen LogP contribution in [-0.2, 0) is 0 Å². The average Bonchev–Trinajstić information content (AvgIpc) is 2.75. The quantitative estimate of drug-likeness (QED) is 0.807. The number of benzene rings is 1. The number of carbonyl (C=O) groups is 1.